The molecule has 68 valence electrons. The minimum atomic E-state index is 0.147. The van der Waals surface area contributed by atoms with E-state index in [0.717, 1.165) is 18.0 Å². The van der Waals surface area contributed by atoms with Crippen molar-refractivity contribution in [1.82, 2.24) is 10.2 Å². The number of ether oxygens (including phenoxy) is 1. The Bertz CT molecular complexity index is 236. The predicted molar refractivity (Wildman–Crippen MR) is 48.1 cm³/mol. The summed E-state index contributed by atoms with van der Waals surface area (Å²) in [6, 6.07) is 0. The molecule has 0 aliphatic heterocycles. The second-order valence-electron chi connectivity index (χ2n) is 2.95. The number of hydrogen-bond acceptors (Lipinski definition) is 2. The van der Waals surface area contributed by atoms with E-state index in [1.807, 2.05) is 27.7 Å². The van der Waals surface area contributed by atoms with Crippen molar-refractivity contribution in [2.45, 2.75) is 33.8 Å². The molecule has 0 spiro atoms. The van der Waals surface area contributed by atoms with Crippen LogP contribution in [0.25, 0.3) is 0 Å². The van der Waals surface area contributed by atoms with E-state index in [4.69, 9.17) is 4.74 Å². The predicted octanol–water partition coefficient (Wildman–Crippen LogP) is 2.12. The summed E-state index contributed by atoms with van der Waals surface area (Å²) in [7, 11) is 0. The molecule has 0 saturated heterocycles. The van der Waals surface area contributed by atoms with E-state index in [9.17, 15) is 0 Å². The van der Waals surface area contributed by atoms with E-state index in [0.29, 0.717) is 0 Å². The summed E-state index contributed by atoms with van der Waals surface area (Å²) in [5, 5.41) is 7.06. The van der Waals surface area contributed by atoms with Crippen molar-refractivity contribution in [2.24, 2.45) is 0 Å². The second kappa shape index (κ2) is 3.72. The highest BCUT2D eigenvalue weighted by Crippen LogP contribution is 2.21. The number of nitrogens with one attached hydrogen (secondary N) is 1. The van der Waals surface area contributed by atoms with Crippen molar-refractivity contribution >= 4 is 0 Å². The van der Waals surface area contributed by atoms with E-state index < -0.39 is 0 Å². The Morgan fingerprint density at radius 3 is 2.58 bits per heavy atom. The zero-order valence-corrected chi connectivity index (χ0v) is 8.14. The SMILES string of the molecule is CCO[C@H](C)c1c(C)n[nH]c1C. The Hall–Kier alpha value is -0.830. The smallest absolute Gasteiger partial charge is 0.0832 e. The molecule has 3 heteroatoms. The van der Waals surface area contributed by atoms with Crippen molar-refractivity contribution in [3.63, 3.8) is 0 Å². The Morgan fingerprint density at radius 2 is 2.17 bits per heavy atom. The molecule has 1 aromatic rings. The molecule has 3 nitrogen and oxygen atoms in total. The molecule has 1 atom stereocenters. The molecule has 0 radical (unpaired) electrons. The number of aryl methyl sites for hydroxylation is 2. The highest BCUT2D eigenvalue weighted by Gasteiger charge is 2.13. The van der Waals surface area contributed by atoms with Crippen LogP contribution in [-0.2, 0) is 4.74 Å². The van der Waals surface area contributed by atoms with Crippen molar-refractivity contribution in [3.05, 3.63) is 17.0 Å². The lowest BCUT2D eigenvalue weighted by Crippen LogP contribution is -2.01. The zero-order chi connectivity index (χ0) is 9.14. The van der Waals surface area contributed by atoms with Gasteiger partial charge in [-0.1, -0.05) is 0 Å². The molecule has 0 aliphatic carbocycles. The molecule has 0 saturated carbocycles. The summed E-state index contributed by atoms with van der Waals surface area (Å²) in [6.45, 7) is 8.81. The third kappa shape index (κ3) is 1.67. The molecule has 0 fully saturated rings. The van der Waals surface area contributed by atoms with E-state index >= 15 is 0 Å². The maximum atomic E-state index is 5.49. The first-order valence-corrected chi connectivity index (χ1v) is 4.29. The van der Waals surface area contributed by atoms with Gasteiger partial charge in [0.1, 0.15) is 0 Å². The number of rotatable bonds is 3. The highest BCUT2D eigenvalue weighted by molar-refractivity contribution is 5.25. The highest BCUT2D eigenvalue weighted by atomic mass is 16.5. The van der Waals surface area contributed by atoms with Gasteiger partial charge in [-0.25, -0.2) is 0 Å². The lowest BCUT2D eigenvalue weighted by molar-refractivity contribution is 0.0755. The third-order valence-corrected chi connectivity index (χ3v) is 2.01. The first kappa shape index (κ1) is 9.26. The summed E-state index contributed by atoms with van der Waals surface area (Å²) >= 11 is 0. The van der Waals surface area contributed by atoms with Crippen LogP contribution >= 0.6 is 0 Å². The molecule has 0 aliphatic rings. The maximum absolute atomic E-state index is 5.49. The summed E-state index contributed by atoms with van der Waals surface area (Å²) in [5.74, 6) is 0. The first-order valence-electron chi connectivity index (χ1n) is 4.29. The fourth-order valence-electron chi connectivity index (χ4n) is 1.49. The number of H-pyrrole nitrogens is 1. The van der Waals surface area contributed by atoms with Crippen LogP contribution in [0.5, 0.6) is 0 Å². The van der Waals surface area contributed by atoms with Gasteiger partial charge in [0.2, 0.25) is 0 Å². The fraction of sp³-hybridized carbons (Fsp3) is 0.667. The summed E-state index contributed by atoms with van der Waals surface area (Å²) in [6.07, 6.45) is 0.147. The Kier molecular flexibility index (Phi) is 2.87. The van der Waals surface area contributed by atoms with E-state index in [-0.39, 0.29) is 6.10 Å². The van der Waals surface area contributed by atoms with Crippen LogP contribution in [0.15, 0.2) is 0 Å². The molecule has 0 amide bonds. The second-order valence-corrected chi connectivity index (χ2v) is 2.95. The van der Waals surface area contributed by atoms with Gasteiger partial charge in [-0.2, -0.15) is 5.10 Å². The van der Waals surface area contributed by atoms with Gasteiger partial charge in [0.25, 0.3) is 0 Å². The molecule has 12 heavy (non-hydrogen) atoms. The van der Waals surface area contributed by atoms with Crippen molar-refractivity contribution < 1.29 is 4.74 Å². The standard InChI is InChI=1S/C9H16N2O/c1-5-12-8(4)9-6(2)10-11-7(9)3/h8H,5H2,1-4H3,(H,10,11)/t8-/m1/s1. The van der Waals surface area contributed by atoms with Gasteiger partial charge < -0.3 is 4.74 Å². The largest absolute Gasteiger partial charge is 0.374 e. The quantitative estimate of drug-likeness (QED) is 0.750. The maximum Gasteiger partial charge on any atom is 0.0832 e. The van der Waals surface area contributed by atoms with Crippen LogP contribution in [0.1, 0.15) is 36.9 Å². The number of aromatic amines is 1. The first-order chi connectivity index (χ1) is 5.66. The zero-order valence-electron chi connectivity index (χ0n) is 8.14. The minimum Gasteiger partial charge on any atom is -0.374 e. The molecule has 1 rings (SSSR count). The topological polar surface area (TPSA) is 37.9 Å². The van der Waals surface area contributed by atoms with Gasteiger partial charge in [-0.3, -0.25) is 5.10 Å². The van der Waals surface area contributed by atoms with Gasteiger partial charge in [0.15, 0.2) is 0 Å². The lowest BCUT2D eigenvalue weighted by Gasteiger charge is -2.11. The number of hydrogen-bond donors (Lipinski definition) is 1. The number of aromatic nitrogens is 2. The van der Waals surface area contributed by atoms with Crippen molar-refractivity contribution in [2.75, 3.05) is 6.61 Å². The van der Waals surface area contributed by atoms with E-state index in [1.165, 1.54) is 5.56 Å². The van der Waals surface area contributed by atoms with Gasteiger partial charge >= 0.3 is 0 Å². The molecule has 0 unspecified atom stereocenters. The molecule has 0 aromatic carbocycles. The average Bonchev–Trinajstić information content (AvgIpc) is 2.32. The third-order valence-electron chi connectivity index (χ3n) is 2.01. The van der Waals surface area contributed by atoms with Crippen LogP contribution in [-0.4, -0.2) is 16.8 Å². The minimum absolute atomic E-state index is 0.147. The molecule has 1 heterocycles. The summed E-state index contributed by atoms with van der Waals surface area (Å²) < 4.78 is 5.49. The van der Waals surface area contributed by atoms with Crippen LogP contribution in [0, 0.1) is 13.8 Å². The Morgan fingerprint density at radius 1 is 1.50 bits per heavy atom. The molecular formula is C9H16N2O. The normalized spacial score (nSPS) is 13.3. The molecule has 1 aromatic heterocycles. The van der Waals surface area contributed by atoms with Crippen molar-refractivity contribution in [3.8, 4) is 0 Å². The molecular weight excluding hydrogens is 152 g/mol. The summed E-state index contributed by atoms with van der Waals surface area (Å²) in [4.78, 5) is 0. The van der Waals surface area contributed by atoms with Gasteiger partial charge in [-0.05, 0) is 27.7 Å². The van der Waals surface area contributed by atoms with E-state index in [1.54, 1.807) is 0 Å². The van der Waals surface area contributed by atoms with Gasteiger partial charge in [0, 0.05) is 17.9 Å². The summed E-state index contributed by atoms with van der Waals surface area (Å²) in [5.41, 5.74) is 3.33. The monoisotopic (exact) mass is 168 g/mol. The Labute approximate surface area is 73.1 Å². The van der Waals surface area contributed by atoms with Crippen molar-refractivity contribution in [1.29, 1.82) is 0 Å². The lowest BCUT2D eigenvalue weighted by atomic mass is 10.1. The van der Waals surface area contributed by atoms with Crippen LogP contribution in [0.4, 0.5) is 0 Å². The van der Waals surface area contributed by atoms with Gasteiger partial charge in [-0.15, -0.1) is 0 Å². The molecule has 1 N–H and O–H groups in total. The van der Waals surface area contributed by atoms with Crippen LogP contribution < -0.4 is 0 Å². The number of nitrogens with zero attached hydrogens (tertiary/aromatic N) is 1. The molecule has 0 bridgehead atoms. The van der Waals surface area contributed by atoms with E-state index in [2.05, 4.69) is 10.2 Å². The van der Waals surface area contributed by atoms with Crippen LogP contribution in [0.3, 0.4) is 0 Å². The fourth-order valence-corrected chi connectivity index (χ4v) is 1.49. The Balaban J connectivity index is 2.85. The average molecular weight is 168 g/mol. The van der Waals surface area contributed by atoms with Crippen LogP contribution in [0.2, 0.25) is 0 Å². The van der Waals surface area contributed by atoms with Gasteiger partial charge in [0.05, 0.1) is 11.8 Å².